The number of anilines is 1. The molecule has 1 N–H and O–H groups in total. The van der Waals surface area contributed by atoms with Crippen LogP contribution in [-0.2, 0) is 9.59 Å². The minimum atomic E-state index is -0.714. The van der Waals surface area contributed by atoms with Crippen LogP contribution in [0.25, 0.3) is 11.8 Å². The van der Waals surface area contributed by atoms with Crippen LogP contribution < -0.4 is 10.2 Å². The smallest absolute Gasteiger partial charge is 0.331 e. The zero-order valence-electron chi connectivity index (χ0n) is 16.0. The van der Waals surface area contributed by atoms with Crippen LogP contribution >= 0.6 is 0 Å². The van der Waals surface area contributed by atoms with Gasteiger partial charge in [0.25, 0.3) is 11.8 Å². The molecule has 0 spiro atoms. The molecule has 0 bridgehead atoms. The molecule has 7 nitrogen and oxygen atoms in total. The number of carbonyl (C=O) groups is 3. The lowest BCUT2D eigenvalue weighted by Gasteiger charge is -2.22. The predicted octanol–water partition coefficient (Wildman–Crippen LogP) is 2.25. The molecule has 2 aromatic rings. The van der Waals surface area contributed by atoms with E-state index in [2.05, 4.69) is 9.88 Å². The number of urea groups is 1. The normalized spacial score (nSPS) is 16.1. The lowest BCUT2D eigenvalue weighted by molar-refractivity contribution is -0.129. The summed E-state index contributed by atoms with van der Waals surface area (Å²) in [6.45, 7) is 3.90. The Morgan fingerprint density at radius 2 is 1.67 bits per heavy atom. The van der Waals surface area contributed by atoms with Crippen LogP contribution in [0.2, 0.25) is 0 Å². The van der Waals surface area contributed by atoms with Crippen molar-refractivity contribution < 1.29 is 14.4 Å². The quantitative estimate of drug-likeness (QED) is 0.668. The molecule has 0 radical (unpaired) electrons. The van der Waals surface area contributed by atoms with Crippen LogP contribution in [0.15, 0.2) is 35.9 Å². The first-order valence-electron chi connectivity index (χ1n) is 8.52. The number of likely N-dealkylation sites (N-methyl/N-ethyl adjacent to an activating group) is 1. The molecule has 1 fully saturated rings. The van der Waals surface area contributed by atoms with Crippen molar-refractivity contribution in [2.45, 2.75) is 13.8 Å². The summed E-state index contributed by atoms with van der Waals surface area (Å²) in [7, 11) is 5.31. The van der Waals surface area contributed by atoms with Crippen LogP contribution in [0.3, 0.4) is 0 Å². The Morgan fingerprint density at radius 1 is 1.04 bits per heavy atom. The first-order valence-corrected chi connectivity index (χ1v) is 8.52. The molecule has 1 aliphatic heterocycles. The van der Waals surface area contributed by atoms with Crippen LogP contribution in [-0.4, -0.2) is 48.5 Å². The molecule has 1 aliphatic rings. The van der Waals surface area contributed by atoms with E-state index in [1.54, 1.807) is 0 Å². The standard InChI is InChI=1S/C20H22N4O3/c1-12-10-14(11-17-18(25)21-20(27)23(5)19(17)26)13(2)24(12)16-8-6-15(7-9-16)22(3)4/h6-11H,1-5H3,(H,21,25,27). The first-order chi connectivity index (χ1) is 12.7. The molecule has 1 saturated heterocycles. The zero-order valence-corrected chi connectivity index (χ0v) is 16.0. The maximum atomic E-state index is 12.3. The Morgan fingerprint density at radius 3 is 2.26 bits per heavy atom. The maximum absolute atomic E-state index is 12.3. The van der Waals surface area contributed by atoms with Gasteiger partial charge in [-0.1, -0.05) is 0 Å². The van der Waals surface area contributed by atoms with Gasteiger partial charge in [-0.05, 0) is 55.8 Å². The van der Waals surface area contributed by atoms with Crippen molar-refractivity contribution in [3.05, 3.63) is 52.9 Å². The number of rotatable bonds is 3. The lowest BCUT2D eigenvalue weighted by Crippen LogP contribution is -2.52. The van der Waals surface area contributed by atoms with Crippen molar-refractivity contribution in [3.8, 4) is 5.69 Å². The van der Waals surface area contributed by atoms with Crippen LogP contribution in [0.1, 0.15) is 17.0 Å². The number of aryl methyl sites for hydroxylation is 1. The highest BCUT2D eigenvalue weighted by atomic mass is 16.2. The molecule has 1 aromatic heterocycles. The molecule has 4 amide bonds. The van der Waals surface area contributed by atoms with E-state index in [4.69, 9.17) is 0 Å². The third kappa shape index (κ3) is 3.23. The number of nitrogens with one attached hydrogen (secondary N) is 1. The van der Waals surface area contributed by atoms with Crippen molar-refractivity contribution in [1.82, 2.24) is 14.8 Å². The number of imide groups is 2. The van der Waals surface area contributed by atoms with Gasteiger partial charge >= 0.3 is 6.03 Å². The maximum Gasteiger partial charge on any atom is 0.331 e. The number of nitrogens with zero attached hydrogens (tertiary/aromatic N) is 3. The first kappa shape index (κ1) is 18.4. The van der Waals surface area contributed by atoms with Gasteiger partial charge in [-0.25, -0.2) is 4.79 Å². The molecular formula is C20H22N4O3. The lowest BCUT2D eigenvalue weighted by atomic mass is 10.1. The van der Waals surface area contributed by atoms with Gasteiger partial charge in [0.05, 0.1) is 0 Å². The Labute approximate surface area is 157 Å². The fraction of sp³-hybridized carbons (Fsp3) is 0.250. The van der Waals surface area contributed by atoms with E-state index in [-0.39, 0.29) is 5.57 Å². The van der Waals surface area contributed by atoms with E-state index in [0.717, 1.165) is 33.2 Å². The van der Waals surface area contributed by atoms with Crippen LogP contribution in [0.5, 0.6) is 0 Å². The summed E-state index contributed by atoms with van der Waals surface area (Å²) in [5.74, 6) is -1.29. The SMILES string of the molecule is Cc1cc(C=C2C(=O)NC(=O)N(C)C2=O)c(C)n1-c1ccc(N(C)C)cc1. The molecule has 1 aromatic carbocycles. The monoisotopic (exact) mass is 366 g/mol. The number of hydrogen-bond acceptors (Lipinski definition) is 4. The number of amides is 4. The molecule has 140 valence electrons. The molecule has 0 unspecified atom stereocenters. The number of benzene rings is 1. The molecule has 3 rings (SSSR count). The molecule has 7 heteroatoms. The summed E-state index contributed by atoms with van der Waals surface area (Å²) >= 11 is 0. The molecule has 0 aliphatic carbocycles. The van der Waals surface area contributed by atoms with Crippen molar-refractivity contribution in [2.75, 3.05) is 26.0 Å². The van der Waals surface area contributed by atoms with Gasteiger partial charge in [0.15, 0.2) is 0 Å². The van der Waals surface area contributed by atoms with Crippen LogP contribution in [0, 0.1) is 13.8 Å². The Kier molecular flexibility index (Phi) is 4.61. The topological polar surface area (TPSA) is 74.6 Å². The minimum Gasteiger partial charge on any atom is -0.378 e. The Bertz CT molecular complexity index is 968. The van der Waals surface area contributed by atoms with E-state index in [1.807, 2.05) is 63.2 Å². The summed E-state index contributed by atoms with van der Waals surface area (Å²) < 4.78 is 2.06. The average molecular weight is 366 g/mol. The molecule has 0 atom stereocenters. The van der Waals surface area contributed by atoms with Gasteiger partial charge < -0.3 is 9.47 Å². The highest BCUT2D eigenvalue weighted by molar-refractivity contribution is 6.30. The fourth-order valence-corrected chi connectivity index (χ4v) is 3.13. The highest BCUT2D eigenvalue weighted by Gasteiger charge is 2.33. The van der Waals surface area contributed by atoms with Crippen molar-refractivity contribution in [1.29, 1.82) is 0 Å². The third-order valence-corrected chi connectivity index (χ3v) is 4.70. The average Bonchev–Trinajstić information content (AvgIpc) is 2.90. The van der Waals surface area contributed by atoms with Gasteiger partial charge in [0.2, 0.25) is 0 Å². The summed E-state index contributed by atoms with van der Waals surface area (Å²) in [5, 5.41) is 2.17. The highest BCUT2D eigenvalue weighted by Crippen LogP contribution is 2.25. The number of aromatic nitrogens is 1. The number of carbonyl (C=O) groups excluding carboxylic acids is 3. The summed E-state index contributed by atoms with van der Waals surface area (Å²) in [4.78, 5) is 38.8. The van der Waals surface area contributed by atoms with E-state index in [0.29, 0.717) is 0 Å². The molecule has 2 heterocycles. The predicted molar refractivity (Wildman–Crippen MR) is 104 cm³/mol. The molecular weight excluding hydrogens is 344 g/mol. The fourth-order valence-electron chi connectivity index (χ4n) is 3.13. The van der Waals surface area contributed by atoms with Gasteiger partial charge in [-0.3, -0.25) is 19.8 Å². The second-order valence-electron chi connectivity index (χ2n) is 6.75. The number of barbiturate groups is 1. The minimum absolute atomic E-state index is 0.0553. The van der Waals surface area contributed by atoms with Gasteiger partial charge in [-0.15, -0.1) is 0 Å². The number of hydrogen-bond donors (Lipinski definition) is 1. The second-order valence-corrected chi connectivity index (χ2v) is 6.75. The van der Waals surface area contributed by atoms with Crippen molar-refractivity contribution in [3.63, 3.8) is 0 Å². The van der Waals surface area contributed by atoms with Gasteiger partial charge in [-0.2, -0.15) is 0 Å². The Balaban J connectivity index is 2.02. The van der Waals surface area contributed by atoms with E-state index >= 15 is 0 Å². The summed E-state index contributed by atoms with van der Waals surface area (Å²) in [6.07, 6.45) is 1.54. The van der Waals surface area contributed by atoms with E-state index in [9.17, 15) is 14.4 Å². The largest absolute Gasteiger partial charge is 0.378 e. The molecule has 0 saturated carbocycles. The third-order valence-electron chi connectivity index (χ3n) is 4.70. The summed E-state index contributed by atoms with van der Waals surface area (Å²) in [6, 6.07) is 9.32. The Hall–Kier alpha value is -3.35. The van der Waals surface area contributed by atoms with E-state index in [1.165, 1.54) is 13.1 Å². The zero-order chi connectivity index (χ0) is 19.9. The summed E-state index contributed by atoms with van der Waals surface area (Å²) in [5.41, 5.74) is 4.67. The van der Waals surface area contributed by atoms with Gasteiger partial charge in [0, 0.05) is 43.9 Å². The van der Waals surface area contributed by atoms with Gasteiger partial charge in [0.1, 0.15) is 5.57 Å². The van der Waals surface area contributed by atoms with Crippen LogP contribution in [0.4, 0.5) is 10.5 Å². The molecule has 27 heavy (non-hydrogen) atoms. The van der Waals surface area contributed by atoms with E-state index < -0.39 is 17.8 Å². The second kappa shape index (κ2) is 6.75. The van der Waals surface area contributed by atoms with Crippen molar-refractivity contribution >= 4 is 29.6 Å². The van der Waals surface area contributed by atoms with Crippen molar-refractivity contribution in [2.24, 2.45) is 0 Å².